The molecule has 0 aromatic heterocycles. The van der Waals surface area contributed by atoms with Crippen molar-refractivity contribution in [3.63, 3.8) is 0 Å². The van der Waals surface area contributed by atoms with Crippen LogP contribution >= 0.6 is 0 Å². The molecule has 102 valence electrons. The van der Waals surface area contributed by atoms with Crippen LogP contribution in [0.15, 0.2) is 18.2 Å². The van der Waals surface area contributed by atoms with Crippen molar-refractivity contribution in [1.29, 1.82) is 0 Å². The lowest BCUT2D eigenvalue weighted by atomic mass is 10.1. The number of nitrogens with one attached hydrogen (secondary N) is 1. The van der Waals surface area contributed by atoms with Crippen molar-refractivity contribution >= 4 is 0 Å². The summed E-state index contributed by atoms with van der Waals surface area (Å²) in [7, 11) is 0. The summed E-state index contributed by atoms with van der Waals surface area (Å²) < 4.78 is 13.4. The topological polar surface area (TPSA) is 12.0 Å². The molecular weight excluding hydrogens is 225 g/mol. The van der Waals surface area contributed by atoms with E-state index in [2.05, 4.69) is 19.2 Å². The molecule has 0 amide bonds. The Hall–Kier alpha value is -0.890. The Morgan fingerprint density at radius 2 is 1.89 bits per heavy atom. The van der Waals surface area contributed by atoms with Crippen LogP contribution in [0.25, 0.3) is 0 Å². The normalized spacial score (nSPS) is 12.7. The summed E-state index contributed by atoms with van der Waals surface area (Å²) >= 11 is 0. The maximum Gasteiger partial charge on any atom is 0.126 e. The van der Waals surface area contributed by atoms with Gasteiger partial charge in [0.15, 0.2) is 0 Å². The molecule has 0 aliphatic rings. The number of unbranched alkanes of at least 4 members (excludes halogenated alkanes) is 4. The van der Waals surface area contributed by atoms with Gasteiger partial charge in [0, 0.05) is 6.04 Å². The third-order valence-electron chi connectivity index (χ3n) is 3.43. The summed E-state index contributed by atoms with van der Waals surface area (Å²) in [6, 6.07) is 5.73. The van der Waals surface area contributed by atoms with Gasteiger partial charge in [-0.25, -0.2) is 4.39 Å². The van der Waals surface area contributed by atoms with Gasteiger partial charge in [-0.15, -0.1) is 0 Å². The zero-order valence-electron chi connectivity index (χ0n) is 11.9. The molecule has 0 saturated carbocycles. The van der Waals surface area contributed by atoms with Crippen LogP contribution in [0, 0.1) is 12.7 Å². The van der Waals surface area contributed by atoms with E-state index in [-0.39, 0.29) is 11.9 Å². The molecular formula is C16H26FN. The van der Waals surface area contributed by atoms with Gasteiger partial charge in [-0.2, -0.15) is 0 Å². The first-order chi connectivity index (χ1) is 8.65. The lowest BCUT2D eigenvalue weighted by Crippen LogP contribution is -2.20. The molecule has 1 unspecified atom stereocenters. The minimum Gasteiger partial charge on any atom is -0.310 e. The Morgan fingerprint density at radius 1 is 1.17 bits per heavy atom. The zero-order valence-corrected chi connectivity index (χ0v) is 11.9. The van der Waals surface area contributed by atoms with E-state index >= 15 is 0 Å². The fourth-order valence-corrected chi connectivity index (χ4v) is 2.04. The van der Waals surface area contributed by atoms with E-state index in [0.717, 1.165) is 12.1 Å². The second kappa shape index (κ2) is 8.25. The van der Waals surface area contributed by atoms with Crippen molar-refractivity contribution < 1.29 is 4.39 Å². The minimum absolute atomic E-state index is 0.107. The lowest BCUT2D eigenvalue weighted by Gasteiger charge is -2.14. The highest BCUT2D eigenvalue weighted by molar-refractivity contribution is 5.25. The zero-order chi connectivity index (χ0) is 13.4. The molecule has 0 radical (unpaired) electrons. The number of benzene rings is 1. The van der Waals surface area contributed by atoms with Crippen molar-refractivity contribution in [2.75, 3.05) is 6.54 Å². The Morgan fingerprint density at radius 3 is 2.56 bits per heavy atom. The first-order valence-corrected chi connectivity index (χ1v) is 7.14. The second-order valence-corrected chi connectivity index (χ2v) is 5.10. The molecule has 1 rings (SSSR count). The second-order valence-electron chi connectivity index (χ2n) is 5.10. The smallest absolute Gasteiger partial charge is 0.126 e. The van der Waals surface area contributed by atoms with Crippen LogP contribution in [0.3, 0.4) is 0 Å². The van der Waals surface area contributed by atoms with Crippen molar-refractivity contribution in [3.05, 3.63) is 35.1 Å². The molecule has 2 heteroatoms. The molecule has 1 aromatic carbocycles. The summed E-state index contributed by atoms with van der Waals surface area (Å²) in [5.74, 6) is -0.107. The molecule has 0 aliphatic heterocycles. The van der Waals surface area contributed by atoms with Crippen molar-refractivity contribution in [2.45, 2.75) is 58.9 Å². The van der Waals surface area contributed by atoms with Gasteiger partial charge in [-0.05, 0) is 44.0 Å². The Balaban J connectivity index is 2.27. The molecule has 1 atom stereocenters. The quantitative estimate of drug-likeness (QED) is 0.657. The van der Waals surface area contributed by atoms with Crippen molar-refractivity contribution in [2.24, 2.45) is 0 Å². The van der Waals surface area contributed by atoms with Crippen LogP contribution < -0.4 is 5.32 Å². The molecule has 1 nitrogen and oxygen atoms in total. The molecule has 1 N–H and O–H groups in total. The summed E-state index contributed by atoms with van der Waals surface area (Å²) in [5, 5.41) is 3.46. The Kier molecular flexibility index (Phi) is 6.96. The Labute approximate surface area is 111 Å². The van der Waals surface area contributed by atoms with Crippen LogP contribution in [0.5, 0.6) is 0 Å². The first-order valence-electron chi connectivity index (χ1n) is 7.14. The molecule has 0 heterocycles. The average Bonchev–Trinajstić information content (AvgIpc) is 2.36. The van der Waals surface area contributed by atoms with E-state index in [1.165, 1.54) is 32.1 Å². The third kappa shape index (κ3) is 5.18. The van der Waals surface area contributed by atoms with Crippen molar-refractivity contribution in [3.8, 4) is 0 Å². The fourth-order valence-electron chi connectivity index (χ4n) is 2.04. The van der Waals surface area contributed by atoms with Gasteiger partial charge in [0.2, 0.25) is 0 Å². The average molecular weight is 251 g/mol. The first kappa shape index (κ1) is 15.2. The maximum absolute atomic E-state index is 13.4. The minimum atomic E-state index is -0.107. The van der Waals surface area contributed by atoms with Crippen LogP contribution in [0.2, 0.25) is 0 Å². The van der Waals surface area contributed by atoms with Gasteiger partial charge < -0.3 is 5.32 Å². The summed E-state index contributed by atoms with van der Waals surface area (Å²) in [6.45, 7) is 7.13. The Bertz CT molecular complexity index is 349. The lowest BCUT2D eigenvalue weighted by molar-refractivity contribution is 0.527. The van der Waals surface area contributed by atoms with Crippen LogP contribution in [0.4, 0.5) is 4.39 Å². The highest BCUT2D eigenvalue weighted by Gasteiger charge is 2.06. The number of hydrogen-bond donors (Lipinski definition) is 1. The van der Waals surface area contributed by atoms with E-state index in [9.17, 15) is 4.39 Å². The van der Waals surface area contributed by atoms with Gasteiger partial charge in [0.1, 0.15) is 5.82 Å². The molecule has 18 heavy (non-hydrogen) atoms. The summed E-state index contributed by atoms with van der Waals surface area (Å²) in [5.41, 5.74) is 1.75. The number of aryl methyl sites for hydroxylation is 1. The van der Waals surface area contributed by atoms with Crippen molar-refractivity contribution in [1.82, 2.24) is 5.32 Å². The summed E-state index contributed by atoms with van der Waals surface area (Å²) in [4.78, 5) is 0. The highest BCUT2D eigenvalue weighted by Crippen LogP contribution is 2.16. The maximum atomic E-state index is 13.4. The fraction of sp³-hybridized carbons (Fsp3) is 0.625. The number of rotatable bonds is 8. The predicted molar refractivity (Wildman–Crippen MR) is 76.3 cm³/mol. The van der Waals surface area contributed by atoms with Crippen LogP contribution in [-0.4, -0.2) is 6.54 Å². The monoisotopic (exact) mass is 251 g/mol. The molecule has 0 bridgehead atoms. The van der Waals surface area contributed by atoms with Crippen LogP contribution in [-0.2, 0) is 0 Å². The predicted octanol–water partition coefficient (Wildman–Crippen LogP) is 4.76. The van der Waals surface area contributed by atoms with E-state index in [1.54, 1.807) is 13.0 Å². The van der Waals surface area contributed by atoms with E-state index in [0.29, 0.717) is 5.56 Å². The molecule has 1 aromatic rings. The summed E-state index contributed by atoms with van der Waals surface area (Å²) in [6.07, 6.45) is 6.44. The largest absolute Gasteiger partial charge is 0.310 e. The van der Waals surface area contributed by atoms with Gasteiger partial charge in [0.25, 0.3) is 0 Å². The van der Waals surface area contributed by atoms with E-state index in [1.807, 2.05) is 12.1 Å². The van der Waals surface area contributed by atoms with Gasteiger partial charge in [-0.3, -0.25) is 0 Å². The van der Waals surface area contributed by atoms with Gasteiger partial charge in [0.05, 0.1) is 0 Å². The highest BCUT2D eigenvalue weighted by atomic mass is 19.1. The molecule has 0 fully saturated rings. The van der Waals surface area contributed by atoms with Crippen LogP contribution in [0.1, 0.15) is 63.1 Å². The third-order valence-corrected chi connectivity index (χ3v) is 3.43. The molecule has 0 spiro atoms. The number of hydrogen-bond acceptors (Lipinski definition) is 1. The SMILES string of the molecule is CCCCCCCNC(C)c1ccc(C)c(F)c1. The number of halogens is 1. The van der Waals surface area contributed by atoms with E-state index in [4.69, 9.17) is 0 Å². The van der Waals surface area contributed by atoms with Gasteiger partial charge >= 0.3 is 0 Å². The van der Waals surface area contributed by atoms with E-state index < -0.39 is 0 Å². The van der Waals surface area contributed by atoms with Gasteiger partial charge in [-0.1, -0.05) is 44.7 Å². The molecule has 0 aliphatic carbocycles. The standard InChI is InChI=1S/C16H26FN/c1-4-5-6-7-8-11-18-14(3)15-10-9-13(2)16(17)12-15/h9-10,12,14,18H,4-8,11H2,1-3H3. The molecule has 0 saturated heterocycles.